The first-order chi connectivity index (χ1) is 8.29. The average Bonchev–Trinajstić information content (AvgIpc) is 2.39. The molecular weight excluding hydrogens is 251 g/mol. The molecule has 0 aliphatic carbocycles. The van der Waals surface area contributed by atoms with Crippen molar-refractivity contribution in [1.82, 2.24) is 0 Å². The van der Waals surface area contributed by atoms with E-state index in [2.05, 4.69) is 18.2 Å². The summed E-state index contributed by atoms with van der Waals surface area (Å²) in [5, 5.41) is 0.745. The molecule has 0 radical (unpaired) electrons. The number of allylic oxidation sites excluding steroid dienone is 1. The predicted molar refractivity (Wildman–Crippen MR) is 76.5 cm³/mol. The van der Waals surface area contributed by atoms with Crippen molar-refractivity contribution in [3.63, 3.8) is 0 Å². The van der Waals surface area contributed by atoms with Crippen LogP contribution in [-0.4, -0.2) is 5.88 Å². The molecule has 0 spiro atoms. The average molecular weight is 263 g/mol. The van der Waals surface area contributed by atoms with Gasteiger partial charge in [-0.25, -0.2) is 0 Å². The summed E-state index contributed by atoms with van der Waals surface area (Å²) in [6, 6.07) is 17.9. The summed E-state index contributed by atoms with van der Waals surface area (Å²) in [6.45, 7) is 0. The Labute approximate surface area is 112 Å². The molecule has 2 aromatic carbocycles. The van der Waals surface area contributed by atoms with Crippen LogP contribution in [0.3, 0.4) is 0 Å². The van der Waals surface area contributed by atoms with Crippen molar-refractivity contribution in [2.24, 2.45) is 0 Å². The first-order valence-electron chi connectivity index (χ1n) is 5.37. The molecule has 0 unspecified atom stereocenters. The molecule has 0 amide bonds. The molecule has 0 aromatic heterocycles. The van der Waals surface area contributed by atoms with Gasteiger partial charge in [-0.05, 0) is 34.9 Å². The lowest BCUT2D eigenvalue weighted by atomic mass is 10.0. The normalized spacial score (nSPS) is 11.5. The molecule has 2 heteroatoms. The van der Waals surface area contributed by atoms with Gasteiger partial charge in [-0.2, -0.15) is 0 Å². The molecule has 17 heavy (non-hydrogen) atoms. The van der Waals surface area contributed by atoms with E-state index < -0.39 is 0 Å². The van der Waals surface area contributed by atoms with Gasteiger partial charge >= 0.3 is 0 Å². The molecule has 0 aliphatic rings. The molecular formula is C15H12Cl2. The van der Waals surface area contributed by atoms with Gasteiger partial charge in [0.05, 0.1) is 0 Å². The summed E-state index contributed by atoms with van der Waals surface area (Å²) in [4.78, 5) is 0. The van der Waals surface area contributed by atoms with Crippen LogP contribution in [0.4, 0.5) is 0 Å². The van der Waals surface area contributed by atoms with Gasteiger partial charge in [-0.15, -0.1) is 11.6 Å². The van der Waals surface area contributed by atoms with Gasteiger partial charge in [-0.3, -0.25) is 0 Å². The van der Waals surface area contributed by atoms with Crippen LogP contribution in [0.1, 0.15) is 11.1 Å². The maximum absolute atomic E-state index is 5.99. The molecule has 2 rings (SSSR count). The van der Waals surface area contributed by atoms with Crippen molar-refractivity contribution < 1.29 is 0 Å². The quantitative estimate of drug-likeness (QED) is 0.532. The molecule has 0 aliphatic heterocycles. The number of rotatable bonds is 3. The molecule has 0 atom stereocenters. The minimum atomic E-state index is 0.493. The van der Waals surface area contributed by atoms with Gasteiger partial charge in [0.2, 0.25) is 0 Å². The zero-order valence-electron chi connectivity index (χ0n) is 9.24. The predicted octanol–water partition coefficient (Wildman–Crippen LogP) is 5.12. The van der Waals surface area contributed by atoms with Crippen LogP contribution in [0.5, 0.6) is 0 Å². The molecule has 0 N–H and O–H groups in total. The fourth-order valence-corrected chi connectivity index (χ4v) is 1.97. The Morgan fingerprint density at radius 2 is 1.59 bits per heavy atom. The van der Waals surface area contributed by atoms with Gasteiger partial charge in [0.1, 0.15) is 0 Å². The fourth-order valence-electron chi connectivity index (χ4n) is 1.61. The summed E-state index contributed by atoms with van der Waals surface area (Å²) in [5.74, 6) is 0.493. The lowest BCUT2D eigenvalue weighted by Gasteiger charge is -2.04. The Hall–Kier alpha value is -1.24. The number of hydrogen-bond acceptors (Lipinski definition) is 0. The molecule has 0 fully saturated rings. The van der Waals surface area contributed by atoms with Crippen molar-refractivity contribution >= 4 is 34.9 Å². The van der Waals surface area contributed by atoms with E-state index in [1.807, 2.05) is 42.5 Å². The minimum Gasteiger partial charge on any atom is -0.122 e. The van der Waals surface area contributed by atoms with Crippen LogP contribution in [0.15, 0.2) is 54.6 Å². The maximum atomic E-state index is 5.99. The van der Waals surface area contributed by atoms with Gasteiger partial charge < -0.3 is 0 Å². The number of benzene rings is 2. The largest absolute Gasteiger partial charge is 0.122 e. The lowest BCUT2D eigenvalue weighted by Crippen LogP contribution is -1.85. The first kappa shape index (κ1) is 12.2. The lowest BCUT2D eigenvalue weighted by molar-refractivity contribution is 1.57. The highest BCUT2D eigenvalue weighted by Gasteiger charge is 1.99. The van der Waals surface area contributed by atoms with E-state index in [4.69, 9.17) is 23.2 Å². The highest BCUT2D eigenvalue weighted by molar-refractivity contribution is 6.30. The van der Waals surface area contributed by atoms with Gasteiger partial charge in [0, 0.05) is 10.9 Å². The van der Waals surface area contributed by atoms with Crippen LogP contribution in [0.2, 0.25) is 5.02 Å². The Bertz CT molecular complexity index is 498. The maximum Gasteiger partial charge on any atom is 0.0480 e. The fraction of sp³-hybridized carbons (Fsp3) is 0.0667. The minimum absolute atomic E-state index is 0.493. The summed E-state index contributed by atoms with van der Waals surface area (Å²) in [5.41, 5.74) is 3.36. The first-order valence-corrected chi connectivity index (χ1v) is 6.28. The third kappa shape index (κ3) is 3.36. The number of alkyl halides is 1. The Balaban J connectivity index is 2.33. The second kappa shape index (κ2) is 5.90. The summed E-state index contributed by atoms with van der Waals surface area (Å²) >= 11 is 11.8. The van der Waals surface area contributed by atoms with Crippen molar-refractivity contribution in [2.45, 2.75) is 0 Å². The third-order valence-electron chi connectivity index (χ3n) is 2.50. The zero-order chi connectivity index (χ0) is 12.1. The third-order valence-corrected chi connectivity index (χ3v) is 3.04. The highest BCUT2D eigenvalue weighted by Crippen LogP contribution is 2.20. The molecule has 0 nitrogen and oxygen atoms in total. The Kier molecular flexibility index (Phi) is 4.24. The van der Waals surface area contributed by atoms with Crippen molar-refractivity contribution in [2.75, 3.05) is 5.88 Å². The SMILES string of the molecule is ClCC(=Cc1ccc(Cl)cc1)c1ccccc1. The van der Waals surface area contributed by atoms with Gasteiger partial charge in [-0.1, -0.05) is 54.1 Å². The molecule has 0 heterocycles. The zero-order valence-corrected chi connectivity index (χ0v) is 10.7. The summed E-state index contributed by atoms with van der Waals surface area (Å²) in [7, 11) is 0. The van der Waals surface area contributed by atoms with E-state index >= 15 is 0 Å². The molecule has 86 valence electrons. The van der Waals surface area contributed by atoms with Crippen LogP contribution in [0, 0.1) is 0 Å². The van der Waals surface area contributed by atoms with Crippen LogP contribution in [-0.2, 0) is 0 Å². The van der Waals surface area contributed by atoms with Crippen molar-refractivity contribution in [3.8, 4) is 0 Å². The Morgan fingerprint density at radius 1 is 0.941 bits per heavy atom. The highest BCUT2D eigenvalue weighted by atomic mass is 35.5. The van der Waals surface area contributed by atoms with E-state index in [0.29, 0.717) is 5.88 Å². The van der Waals surface area contributed by atoms with Gasteiger partial charge in [0.15, 0.2) is 0 Å². The number of hydrogen-bond donors (Lipinski definition) is 0. The van der Waals surface area contributed by atoms with E-state index in [-0.39, 0.29) is 0 Å². The monoisotopic (exact) mass is 262 g/mol. The molecule has 0 saturated heterocycles. The van der Waals surface area contributed by atoms with Crippen LogP contribution in [0.25, 0.3) is 11.6 Å². The van der Waals surface area contributed by atoms with Crippen LogP contribution < -0.4 is 0 Å². The van der Waals surface area contributed by atoms with Crippen LogP contribution >= 0.6 is 23.2 Å². The Morgan fingerprint density at radius 3 is 2.18 bits per heavy atom. The molecule has 2 aromatic rings. The van der Waals surface area contributed by atoms with Gasteiger partial charge in [0.25, 0.3) is 0 Å². The molecule has 0 bridgehead atoms. The smallest absolute Gasteiger partial charge is 0.0480 e. The van der Waals surface area contributed by atoms with E-state index in [1.54, 1.807) is 0 Å². The second-order valence-electron chi connectivity index (χ2n) is 3.72. The topological polar surface area (TPSA) is 0 Å². The van der Waals surface area contributed by atoms with Crippen molar-refractivity contribution in [1.29, 1.82) is 0 Å². The van der Waals surface area contributed by atoms with E-state index in [1.165, 1.54) is 0 Å². The summed E-state index contributed by atoms with van der Waals surface area (Å²) < 4.78 is 0. The number of halogens is 2. The standard InChI is InChI=1S/C15H12Cl2/c16-11-14(13-4-2-1-3-5-13)10-12-6-8-15(17)9-7-12/h1-10H,11H2. The van der Waals surface area contributed by atoms with E-state index in [9.17, 15) is 0 Å². The second-order valence-corrected chi connectivity index (χ2v) is 4.42. The molecule has 0 saturated carbocycles. The van der Waals surface area contributed by atoms with Crippen molar-refractivity contribution in [3.05, 3.63) is 70.7 Å². The van der Waals surface area contributed by atoms with E-state index in [0.717, 1.165) is 21.7 Å². The summed E-state index contributed by atoms with van der Waals surface area (Å²) in [6.07, 6.45) is 2.08.